The van der Waals surface area contributed by atoms with Gasteiger partial charge in [-0.25, -0.2) is 4.98 Å². The number of aromatic nitrogens is 2. The number of nitrogens with zero attached hydrogens (tertiary/aromatic N) is 3. The van der Waals surface area contributed by atoms with Crippen LogP contribution < -0.4 is 5.32 Å². The summed E-state index contributed by atoms with van der Waals surface area (Å²) in [6, 6.07) is 6.91. The van der Waals surface area contributed by atoms with Crippen molar-refractivity contribution in [1.29, 1.82) is 0 Å². The minimum Gasteiger partial charge on any atom is -0.391 e. The Bertz CT molecular complexity index is 843. The van der Waals surface area contributed by atoms with E-state index in [1.165, 1.54) is 0 Å². The van der Waals surface area contributed by atoms with E-state index in [2.05, 4.69) is 10.3 Å². The van der Waals surface area contributed by atoms with Crippen LogP contribution in [0.3, 0.4) is 0 Å². The molecule has 1 aliphatic heterocycles. The normalized spacial score (nSPS) is 17.6. The fourth-order valence-corrected chi connectivity index (χ4v) is 3.18. The molecule has 0 saturated carbocycles. The lowest BCUT2D eigenvalue weighted by Crippen LogP contribution is -2.42. The molecule has 0 spiro atoms. The van der Waals surface area contributed by atoms with Gasteiger partial charge >= 0.3 is 0 Å². The summed E-state index contributed by atoms with van der Waals surface area (Å²) in [5.74, 6) is -0.327. The van der Waals surface area contributed by atoms with Crippen molar-refractivity contribution in [3.8, 4) is 0 Å². The molecule has 3 rings (SSSR count). The van der Waals surface area contributed by atoms with Crippen molar-refractivity contribution in [3.63, 3.8) is 0 Å². The van der Waals surface area contributed by atoms with E-state index in [0.29, 0.717) is 24.3 Å². The fourth-order valence-electron chi connectivity index (χ4n) is 3.18. The number of amides is 2. The molecule has 2 heterocycles. The van der Waals surface area contributed by atoms with Crippen LogP contribution in [0, 0.1) is 6.92 Å². The zero-order valence-electron chi connectivity index (χ0n) is 16.0. The van der Waals surface area contributed by atoms with Gasteiger partial charge in [0.15, 0.2) is 0 Å². The number of carbonyl (C=O) groups is 2. The van der Waals surface area contributed by atoms with Gasteiger partial charge in [0.05, 0.1) is 18.1 Å². The second-order valence-corrected chi connectivity index (χ2v) is 7.56. The van der Waals surface area contributed by atoms with Gasteiger partial charge < -0.3 is 19.9 Å². The lowest BCUT2D eigenvalue weighted by atomic mass is 10.0. The van der Waals surface area contributed by atoms with E-state index < -0.39 is 11.6 Å². The molecule has 0 radical (unpaired) electrons. The van der Waals surface area contributed by atoms with Gasteiger partial charge in [-0.2, -0.15) is 0 Å². The van der Waals surface area contributed by atoms with E-state index in [0.717, 1.165) is 18.5 Å². The number of β-amino-alcohol motifs (C(OH)–C–C–N with tert-alkyl or cyclic N) is 1. The number of hydrogen-bond acceptors (Lipinski definition) is 4. The van der Waals surface area contributed by atoms with E-state index in [-0.39, 0.29) is 11.8 Å². The SMILES string of the molecule is Cc1cn(C(C)(C)C(=O)Nc2cccc(C(=O)N3CCCC(O)C3)c2)cn1. The lowest BCUT2D eigenvalue weighted by Gasteiger charge is -2.30. The van der Waals surface area contributed by atoms with Crippen LogP contribution in [0.1, 0.15) is 42.7 Å². The molecular weight excluding hydrogens is 344 g/mol. The highest BCUT2D eigenvalue weighted by atomic mass is 16.3. The third-order valence-corrected chi connectivity index (χ3v) is 4.96. The van der Waals surface area contributed by atoms with Crippen LogP contribution in [-0.2, 0) is 10.3 Å². The first kappa shape index (κ1) is 19.1. The third-order valence-electron chi connectivity index (χ3n) is 4.96. The molecule has 1 aromatic carbocycles. The smallest absolute Gasteiger partial charge is 0.254 e. The number of aliphatic hydroxyl groups excluding tert-OH is 1. The van der Waals surface area contributed by atoms with E-state index in [1.54, 1.807) is 40.1 Å². The number of anilines is 1. The van der Waals surface area contributed by atoms with Crippen LogP contribution in [-0.4, -0.2) is 50.6 Å². The Hall–Kier alpha value is -2.67. The Balaban J connectivity index is 1.73. The number of aryl methyl sites for hydroxylation is 1. The van der Waals surface area contributed by atoms with Gasteiger partial charge in [0, 0.05) is 30.5 Å². The number of aliphatic hydroxyl groups is 1. The zero-order valence-corrected chi connectivity index (χ0v) is 16.0. The molecule has 1 unspecified atom stereocenters. The van der Waals surface area contributed by atoms with Gasteiger partial charge in [0.25, 0.3) is 5.91 Å². The van der Waals surface area contributed by atoms with Crippen molar-refractivity contribution < 1.29 is 14.7 Å². The quantitative estimate of drug-likeness (QED) is 0.863. The van der Waals surface area contributed by atoms with Gasteiger partial charge in [0.2, 0.25) is 5.91 Å². The fraction of sp³-hybridized carbons (Fsp3) is 0.450. The van der Waals surface area contributed by atoms with Crippen LogP contribution >= 0.6 is 0 Å². The summed E-state index contributed by atoms with van der Waals surface area (Å²) in [7, 11) is 0. The number of benzene rings is 1. The van der Waals surface area contributed by atoms with Crippen molar-refractivity contribution in [2.45, 2.75) is 45.3 Å². The Morgan fingerprint density at radius 3 is 2.78 bits per heavy atom. The number of hydrogen-bond donors (Lipinski definition) is 2. The predicted octanol–water partition coefficient (Wildman–Crippen LogP) is 2.16. The number of carbonyl (C=O) groups excluding carboxylic acids is 2. The molecule has 2 amide bonds. The number of piperidine rings is 1. The zero-order chi connectivity index (χ0) is 19.6. The molecule has 27 heavy (non-hydrogen) atoms. The van der Waals surface area contributed by atoms with Crippen LogP contribution in [0.15, 0.2) is 36.8 Å². The highest BCUT2D eigenvalue weighted by Crippen LogP contribution is 2.21. The second-order valence-electron chi connectivity index (χ2n) is 7.56. The molecular formula is C20H26N4O3. The summed E-state index contributed by atoms with van der Waals surface area (Å²) in [5, 5.41) is 12.7. The molecule has 144 valence electrons. The van der Waals surface area contributed by atoms with Crippen molar-refractivity contribution in [2.24, 2.45) is 0 Å². The summed E-state index contributed by atoms with van der Waals surface area (Å²) in [4.78, 5) is 31.3. The Labute approximate surface area is 159 Å². The number of imidazole rings is 1. The van der Waals surface area contributed by atoms with Gasteiger partial charge in [-0.15, -0.1) is 0 Å². The molecule has 1 saturated heterocycles. The number of rotatable bonds is 4. The summed E-state index contributed by atoms with van der Waals surface area (Å²) in [6.45, 7) is 6.49. The van der Waals surface area contributed by atoms with Gasteiger partial charge in [-0.05, 0) is 51.8 Å². The van der Waals surface area contributed by atoms with Gasteiger partial charge in [-0.1, -0.05) is 6.07 Å². The summed E-state index contributed by atoms with van der Waals surface area (Å²) in [5.41, 5.74) is 1.08. The third kappa shape index (κ3) is 4.19. The predicted molar refractivity (Wildman–Crippen MR) is 103 cm³/mol. The van der Waals surface area contributed by atoms with Crippen molar-refractivity contribution in [2.75, 3.05) is 18.4 Å². The Morgan fingerprint density at radius 2 is 2.11 bits per heavy atom. The average Bonchev–Trinajstić information content (AvgIpc) is 3.08. The van der Waals surface area contributed by atoms with E-state index in [9.17, 15) is 14.7 Å². The summed E-state index contributed by atoms with van der Waals surface area (Å²) >= 11 is 0. The van der Waals surface area contributed by atoms with Crippen LogP contribution in [0.25, 0.3) is 0 Å². The Kier molecular flexibility index (Phi) is 5.32. The van der Waals surface area contributed by atoms with E-state index >= 15 is 0 Å². The molecule has 1 aliphatic rings. The first-order chi connectivity index (χ1) is 12.8. The van der Waals surface area contributed by atoms with Crippen molar-refractivity contribution in [3.05, 3.63) is 48.0 Å². The first-order valence-electron chi connectivity index (χ1n) is 9.17. The van der Waals surface area contributed by atoms with Crippen LogP contribution in [0.2, 0.25) is 0 Å². The standard InChI is InChI=1S/C20H26N4O3/c1-14-11-24(13-21-14)20(2,3)19(27)22-16-7-4-6-15(10-16)18(26)23-9-5-8-17(25)12-23/h4,6-7,10-11,13,17,25H,5,8-9,12H2,1-3H3,(H,22,27). The summed E-state index contributed by atoms with van der Waals surface area (Å²) in [6.07, 6.45) is 4.51. The van der Waals surface area contributed by atoms with Crippen LogP contribution in [0.5, 0.6) is 0 Å². The molecule has 7 nitrogen and oxygen atoms in total. The van der Waals surface area contributed by atoms with Gasteiger partial charge in [-0.3, -0.25) is 9.59 Å². The second kappa shape index (κ2) is 7.52. The topological polar surface area (TPSA) is 87.5 Å². The monoisotopic (exact) mass is 370 g/mol. The first-order valence-corrected chi connectivity index (χ1v) is 9.17. The highest BCUT2D eigenvalue weighted by Gasteiger charge is 2.30. The maximum atomic E-state index is 12.8. The highest BCUT2D eigenvalue weighted by molar-refractivity contribution is 5.99. The molecule has 0 aliphatic carbocycles. The summed E-state index contributed by atoms with van der Waals surface area (Å²) < 4.78 is 1.77. The number of nitrogens with one attached hydrogen (secondary N) is 1. The van der Waals surface area contributed by atoms with Crippen LogP contribution in [0.4, 0.5) is 5.69 Å². The van der Waals surface area contributed by atoms with E-state index in [4.69, 9.17) is 0 Å². The van der Waals surface area contributed by atoms with Crippen molar-refractivity contribution >= 4 is 17.5 Å². The molecule has 7 heteroatoms. The minimum absolute atomic E-state index is 0.130. The van der Waals surface area contributed by atoms with Crippen molar-refractivity contribution in [1.82, 2.24) is 14.5 Å². The molecule has 2 N–H and O–H groups in total. The largest absolute Gasteiger partial charge is 0.391 e. The minimum atomic E-state index is -0.821. The average molecular weight is 370 g/mol. The van der Waals surface area contributed by atoms with Gasteiger partial charge in [0.1, 0.15) is 5.54 Å². The lowest BCUT2D eigenvalue weighted by molar-refractivity contribution is -0.123. The molecule has 1 fully saturated rings. The molecule has 1 aromatic heterocycles. The molecule has 2 aromatic rings. The maximum absolute atomic E-state index is 12.8. The molecule has 0 bridgehead atoms. The Morgan fingerprint density at radius 1 is 1.33 bits per heavy atom. The van der Waals surface area contributed by atoms with E-state index in [1.807, 2.05) is 27.0 Å². The molecule has 1 atom stereocenters. The number of likely N-dealkylation sites (tertiary alicyclic amines) is 1. The maximum Gasteiger partial charge on any atom is 0.254 e.